The molecule has 1 N–H and O–H groups in total. The largest absolute Gasteiger partial charge is 0.497 e. The molecule has 0 radical (unpaired) electrons. The molecule has 0 unspecified atom stereocenters. The van der Waals surface area contributed by atoms with Crippen molar-refractivity contribution in [2.75, 3.05) is 41.0 Å². The maximum atomic E-state index is 5.80. The molecule has 0 spiro atoms. The fraction of sp³-hybridized carbons (Fsp3) is 0.478. The monoisotopic (exact) mass is 412 g/mol. The quantitative estimate of drug-likeness (QED) is 0.527. The smallest absolute Gasteiger partial charge is 0.219 e. The second kappa shape index (κ2) is 11.4. The van der Waals surface area contributed by atoms with Crippen molar-refractivity contribution >= 4 is 5.96 Å². The molecule has 1 aromatic carbocycles. The van der Waals surface area contributed by atoms with Gasteiger partial charge in [0.1, 0.15) is 11.5 Å². The van der Waals surface area contributed by atoms with Crippen LogP contribution in [0, 0.1) is 5.92 Å². The zero-order chi connectivity index (χ0) is 21.2. The topological polar surface area (TPSA) is 68.2 Å². The Morgan fingerprint density at radius 1 is 1.23 bits per heavy atom. The maximum Gasteiger partial charge on any atom is 0.219 e. The Morgan fingerprint density at radius 3 is 2.73 bits per heavy atom. The van der Waals surface area contributed by atoms with E-state index in [1.54, 1.807) is 7.11 Å². The number of methoxy groups -OCH3 is 1. The fourth-order valence-corrected chi connectivity index (χ4v) is 3.44. The number of aliphatic imine (C=N–C) groups is 1. The Bertz CT molecular complexity index is 804. The third kappa shape index (κ3) is 6.62. The lowest BCUT2D eigenvalue weighted by Gasteiger charge is -2.26. The average Bonchev–Trinajstić information content (AvgIpc) is 2.80. The second-order valence-electron chi connectivity index (χ2n) is 7.45. The molecule has 7 nitrogen and oxygen atoms in total. The van der Waals surface area contributed by atoms with Gasteiger partial charge in [0.05, 0.1) is 7.11 Å². The fourth-order valence-electron chi connectivity index (χ4n) is 3.44. The first-order valence-electron chi connectivity index (χ1n) is 10.4. The van der Waals surface area contributed by atoms with Crippen molar-refractivity contribution in [2.24, 2.45) is 10.9 Å². The van der Waals surface area contributed by atoms with Crippen molar-refractivity contribution in [1.82, 2.24) is 15.2 Å². The molecule has 0 atom stereocenters. The van der Waals surface area contributed by atoms with Gasteiger partial charge in [0.2, 0.25) is 5.88 Å². The summed E-state index contributed by atoms with van der Waals surface area (Å²) in [6.45, 7) is 3.42. The third-order valence-electron chi connectivity index (χ3n) is 5.30. The Morgan fingerprint density at radius 2 is 2.03 bits per heavy atom. The highest BCUT2D eigenvalue weighted by atomic mass is 16.5. The number of nitrogens with one attached hydrogen (secondary N) is 1. The zero-order valence-corrected chi connectivity index (χ0v) is 18.1. The molecular formula is C23H32N4O3. The SMILES string of the molecule is CN=C(NCc1ccc(Oc2cccc(OC)c2)nc1)N(C)CCC1CCOCC1. The molecule has 3 rings (SSSR count). The van der Waals surface area contributed by atoms with Crippen LogP contribution in [-0.4, -0.2) is 56.8 Å². The molecule has 162 valence electrons. The van der Waals surface area contributed by atoms with Crippen molar-refractivity contribution in [3.63, 3.8) is 0 Å². The molecule has 2 aromatic rings. The molecule has 0 saturated carbocycles. The van der Waals surface area contributed by atoms with Gasteiger partial charge in [-0.2, -0.15) is 0 Å². The van der Waals surface area contributed by atoms with Gasteiger partial charge in [-0.1, -0.05) is 12.1 Å². The van der Waals surface area contributed by atoms with Gasteiger partial charge < -0.3 is 24.4 Å². The predicted octanol–water partition coefficient (Wildman–Crippen LogP) is 3.71. The van der Waals surface area contributed by atoms with E-state index in [-0.39, 0.29) is 0 Å². The van der Waals surface area contributed by atoms with Crippen molar-refractivity contribution in [2.45, 2.75) is 25.8 Å². The first kappa shape index (κ1) is 21.9. The van der Waals surface area contributed by atoms with Crippen LogP contribution >= 0.6 is 0 Å². The molecule has 7 heteroatoms. The van der Waals surface area contributed by atoms with Crippen LogP contribution in [-0.2, 0) is 11.3 Å². The van der Waals surface area contributed by atoms with Gasteiger partial charge in [0, 0.05) is 58.7 Å². The third-order valence-corrected chi connectivity index (χ3v) is 5.30. The molecule has 1 saturated heterocycles. The minimum absolute atomic E-state index is 0.546. The molecule has 1 aliphatic heterocycles. The normalized spacial score (nSPS) is 15.0. The van der Waals surface area contributed by atoms with E-state index in [1.807, 2.05) is 49.6 Å². The summed E-state index contributed by atoms with van der Waals surface area (Å²) in [6, 6.07) is 11.3. The van der Waals surface area contributed by atoms with Crippen molar-refractivity contribution in [3.05, 3.63) is 48.2 Å². The Labute approximate surface area is 179 Å². The molecule has 1 aromatic heterocycles. The van der Waals surface area contributed by atoms with E-state index in [0.717, 1.165) is 55.8 Å². The van der Waals surface area contributed by atoms with Crippen LogP contribution in [0.3, 0.4) is 0 Å². The number of ether oxygens (including phenoxy) is 3. The summed E-state index contributed by atoms with van der Waals surface area (Å²) < 4.78 is 16.5. The van der Waals surface area contributed by atoms with Crippen LogP contribution in [0.15, 0.2) is 47.6 Å². The lowest BCUT2D eigenvalue weighted by molar-refractivity contribution is 0.0625. The number of rotatable bonds is 8. The molecule has 0 bridgehead atoms. The summed E-state index contributed by atoms with van der Waals surface area (Å²) in [5.74, 6) is 3.63. The number of benzene rings is 1. The summed E-state index contributed by atoms with van der Waals surface area (Å²) in [6.07, 6.45) is 5.31. The van der Waals surface area contributed by atoms with Crippen molar-refractivity contribution in [1.29, 1.82) is 0 Å². The summed E-state index contributed by atoms with van der Waals surface area (Å²) in [5, 5.41) is 3.41. The van der Waals surface area contributed by atoms with E-state index < -0.39 is 0 Å². The number of guanidine groups is 1. The lowest BCUT2D eigenvalue weighted by Crippen LogP contribution is -2.39. The van der Waals surface area contributed by atoms with E-state index in [4.69, 9.17) is 14.2 Å². The van der Waals surface area contributed by atoms with Crippen LogP contribution < -0.4 is 14.8 Å². The standard InChI is InChI=1S/C23H32N4O3/c1-24-23(27(2)12-9-18-10-13-29-14-11-18)26-17-19-7-8-22(25-16-19)30-21-6-4-5-20(15-21)28-3/h4-8,15-16,18H,9-14,17H2,1-3H3,(H,24,26). The van der Waals surface area contributed by atoms with Gasteiger partial charge in [-0.15, -0.1) is 0 Å². The Hall–Kier alpha value is -2.80. The number of hydrogen-bond acceptors (Lipinski definition) is 5. The minimum Gasteiger partial charge on any atom is -0.497 e. The number of hydrogen-bond donors (Lipinski definition) is 1. The van der Waals surface area contributed by atoms with Gasteiger partial charge in [-0.3, -0.25) is 4.99 Å². The molecular weight excluding hydrogens is 380 g/mol. The van der Waals surface area contributed by atoms with Crippen molar-refractivity contribution in [3.8, 4) is 17.4 Å². The number of pyridine rings is 1. The van der Waals surface area contributed by atoms with E-state index in [1.165, 1.54) is 6.42 Å². The first-order chi connectivity index (χ1) is 14.7. The number of aromatic nitrogens is 1. The van der Waals surface area contributed by atoms with Gasteiger partial charge in [-0.05, 0) is 42.9 Å². The maximum absolute atomic E-state index is 5.80. The predicted molar refractivity (Wildman–Crippen MR) is 118 cm³/mol. The van der Waals surface area contributed by atoms with Gasteiger partial charge in [0.25, 0.3) is 0 Å². The molecule has 1 fully saturated rings. The highest BCUT2D eigenvalue weighted by molar-refractivity contribution is 5.79. The van der Waals surface area contributed by atoms with E-state index in [0.29, 0.717) is 18.2 Å². The van der Waals surface area contributed by atoms with Gasteiger partial charge in [-0.25, -0.2) is 4.98 Å². The molecule has 0 aliphatic carbocycles. The van der Waals surface area contributed by atoms with Gasteiger partial charge in [0.15, 0.2) is 5.96 Å². The minimum atomic E-state index is 0.546. The van der Waals surface area contributed by atoms with Crippen LogP contribution in [0.25, 0.3) is 0 Å². The first-order valence-corrected chi connectivity index (χ1v) is 10.4. The second-order valence-corrected chi connectivity index (χ2v) is 7.45. The summed E-state index contributed by atoms with van der Waals surface area (Å²) in [4.78, 5) is 11.0. The van der Waals surface area contributed by atoms with Gasteiger partial charge >= 0.3 is 0 Å². The summed E-state index contributed by atoms with van der Waals surface area (Å²) in [7, 11) is 5.53. The highest BCUT2D eigenvalue weighted by Gasteiger charge is 2.15. The lowest BCUT2D eigenvalue weighted by atomic mass is 9.96. The van der Waals surface area contributed by atoms with E-state index in [9.17, 15) is 0 Å². The number of nitrogens with zero attached hydrogens (tertiary/aromatic N) is 3. The van der Waals surface area contributed by atoms with Crippen LogP contribution in [0.1, 0.15) is 24.8 Å². The van der Waals surface area contributed by atoms with E-state index in [2.05, 4.69) is 27.2 Å². The molecule has 0 amide bonds. The Balaban J connectivity index is 1.46. The summed E-state index contributed by atoms with van der Waals surface area (Å²) >= 11 is 0. The van der Waals surface area contributed by atoms with Crippen LogP contribution in [0.5, 0.6) is 17.4 Å². The van der Waals surface area contributed by atoms with Crippen LogP contribution in [0.4, 0.5) is 0 Å². The Kier molecular flexibility index (Phi) is 8.32. The van der Waals surface area contributed by atoms with E-state index >= 15 is 0 Å². The molecule has 2 heterocycles. The molecule has 30 heavy (non-hydrogen) atoms. The summed E-state index contributed by atoms with van der Waals surface area (Å²) in [5.41, 5.74) is 1.06. The van der Waals surface area contributed by atoms with Crippen molar-refractivity contribution < 1.29 is 14.2 Å². The zero-order valence-electron chi connectivity index (χ0n) is 18.1. The molecule has 1 aliphatic rings. The highest BCUT2D eigenvalue weighted by Crippen LogP contribution is 2.24. The average molecular weight is 413 g/mol. The van der Waals surface area contributed by atoms with Crippen LogP contribution in [0.2, 0.25) is 0 Å².